The highest BCUT2D eigenvalue weighted by atomic mass is 35.5. The molecular formula is C17H20ClN3O3S. The van der Waals surface area contributed by atoms with E-state index in [2.05, 4.69) is 4.72 Å². The summed E-state index contributed by atoms with van der Waals surface area (Å²) in [5.74, 6) is 0.306. The largest absolute Gasteiger partial charge is 0.326 e. The van der Waals surface area contributed by atoms with Gasteiger partial charge in [-0.05, 0) is 37.0 Å². The van der Waals surface area contributed by atoms with Crippen LogP contribution in [0.2, 0.25) is 0 Å². The van der Waals surface area contributed by atoms with Gasteiger partial charge in [-0.15, -0.1) is 12.4 Å². The number of sulfonamides is 1. The molecule has 0 radical (unpaired) electrons. The van der Waals surface area contributed by atoms with E-state index in [0.29, 0.717) is 22.3 Å². The number of hydrogen-bond donors (Lipinski definition) is 2. The van der Waals surface area contributed by atoms with Gasteiger partial charge in [-0.1, -0.05) is 12.1 Å². The summed E-state index contributed by atoms with van der Waals surface area (Å²) in [5.41, 5.74) is 7.27. The molecule has 3 N–H and O–H groups in total. The molecule has 4 rings (SSSR count). The Balaban J connectivity index is 0.00000182. The topological polar surface area (TPSA) is 92.5 Å². The standard InChI is InChI=1S/C17H19N3O3S.ClH/c1-20-14-7-8-15(11-3-2-4-12(16(11)14)17(20)21)24(22,23)19-9-13(18)10-5-6-10;/h2-4,7-8,10,13,19H,5-6,9,18H2,1H3;1H. The fraction of sp³-hybridized carbons (Fsp3) is 0.353. The molecule has 0 saturated heterocycles. The van der Waals surface area contributed by atoms with Gasteiger partial charge < -0.3 is 10.6 Å². The minimum Gasteiger partial charge on any atom is -0.326 e. The summed E-state index contributed by atoms with van der Waals surface area (Å²) in [6.45, 7) is 0.231. The monoisotopic (exact) mass is 381 g/mol. The first-order valence-corrected chi connectivity index (χ1v) is 9.47. The average molecular weight is 382 g/mol. The van der Waals surface area contributed by atoms with E-state index in [1.807, 2.05) is 0 Å². The van der Waals surface area contributed by atoms with Crippen molar-refractivity contribution in [2.45, 2.75) is 23.8 Å². The van der Waals surface area contributed by atoms with Crippen LogP contribution in [0.1, 0.15) is 23.2 Å². The molecule has 8 heteroatoms. The zero-order chi connectivity index (χ0) is 17.1. The number of anilines is 1. The third kappa shape index (κ3) is 2.91. The lowest BCUT2D eigenvalue weighted by molar-refractivity contribution is 0.0999. The lowest BCUT2D eigenvalue weighted by Crippen LogP contribution is -2.38. The van der Waals surface area contributed by atoms with Crippen molar-refractivity contribution in [3.63, 3.8) is 0 Å². The van der Waals surface area contributed by atoms with Gasteiger partial charge in [0.05, 0.1) is 10.6 Å². The molecule has 1 aliphatic heterocycles. The van der Waals surface area contributed by atoms with Crippen LogP contribution in [-0.4, -0.2) is 34.0 Å². The van der Waals surface area contributed by atoms with Crippen molar-refractivity contribution < 1.29 is 13.2 Å². The molecule has 1 saturated carbocycles. The summed E-state index contributed by atoms with van der Waals surface area (Å²) in [5, 5.41) is 1.26. The second-order valence-corrected chi connectivity index (χ2v) is 8.26. The van der Waals surface area contributed by atoms with Crippen LogP contribution in [0.3, 0.4) is 0 Å². The zero-order valence-corrected chi connectivity index (χ0v) is 15.4. The number of carbonyl (C=O) groups excluding carboxylic acids is 1. The summed E-state index contributed by atoms with van der Waals surface area (Å²) in [4.78, 5) is 14.0. The summed E-state index contributed by atoms with van der Waals surface area (Å²) in [6.07, 6.45) is 2.14. The van der Waals surface area contributed by atoms with E-state index in [9.17, 15) is 13.2 Å². The first-order valence-electron chi connectivity index (χ1n) is 7.99. The third-order valence-electron chi connectivity index (χ3n) is 4.90. The second kappa shape index (κ2) is 6.25. The lowest BCUT2D eigenvalue weighted by atomic mass is 10.1. The quantitative estimate of drug-likeness (QED) is 0.826. The first kappa shape index (κ1) is 18.1. The van der Waals surface area contributed by atoms with Crippen LogP contribution in [0.15, 0.2) is 35.2 Å². The normalized spacial score (nSPS) is 17.7. The van der Waals surface area contributed by atoms with Gasteiger partial charge in [0.1, 0.15) is 0 Å². The van der Waals surface area contributed by atoms with Crippen LogP contribution in [0.5, 0.6) is 0 Å². The number of nitrogens with two attached hydrogens (primary N) is 1. The maximum Gasteiger partial charge on any atom is 0.258 e. The van der Waals surface area contributed by atoms with Crippen LogP contribution >= 0.6 is 12.4 Å². The van der Waals surface area contributed by atoms with E-state index in [4.69, 9.17) is 5.73 Å². The van der Waals surface area contributed by atoms with E-state index < -0.39 is 10.0 Å². The van der Waals surface area contributed by atoms with Crippen molar-refractivity contribution in [2.75, 3.05) is 18.5 Å². The summed E-state index contributed by atoms with van der Waals surface area (Å²) < 4.78 is 28.1. The smallest absolute Gasteiger partial charge is 0.258 e. The number of halogens is 1. The van der Waals surface area contributed by atoms with Gasteiger partial charge >= 0.3 is 0 Å². The highest BCUT2D eigenvalue weighted by Crippen LogP contribution is 2.39. The van der Waals surface area contributed by atoms with E-state index >= 15 is 0 Å². The number of rotatable bonds is 5. The Morgan fingerprint density at radius 2 is 2.00 bits per heavy atom. The van der Waals surface area contributed by atoms with Crippen LogP contribution in [-0.2, 0) is 10.0 Å². The molecule has 1 aliphatic carbocycles. The van der Waals surface area contributed by atoms with Gasteiger partial charge in [-0.3, -0.25) is 4.79 Å². The Bertz CT molecular complexity index is 957. The van der Waals surface area contributed by atoms with Crippen LogP contribution in [0.25, 0.3) is 10.8 Å². The predicted octanol–water partition coefficient (Wildman–Crippen LogP) is 1.87. The number of amides is 1. The molecular weight excluding hydrogens is 362 g/mol. The van der Waals surface area contributed by atoms with Crippen LogP contribution < -0.4 is 15.4 Å². The molecule has 0 spiro atoms. The van der Waals surface area contributed by atoms with Crippen molar-refractivity contribution in [2.24, 2.45) is 11.7 Å². The van der Waals surface area contributed by atoms with E-state index in [-0.39, 0.29) is 35.8 Å². The number of carbonyl (C=O) groups is 1. The number of nitrogens with zero attached hydrogens (tertiary/aromatic N) is 1. The Morgan fingerprint density at radius 1 is 1.28 bits per heavy atom. The van der Waals surface area contributed by atoms with Gasteiger partial charge in [0.25, 0.3) is 5.91 Å². The zero-order valence-electron chi connectivity index (χ0n) is 13.7. The molecule has 2 aromatic rings. The Morgan fingerprint density at radius 3 is 2.68 bits per heavy atom. The molecule has 2 aliphatic rings. The van der Waals surface area contributed by atoms with Crippen molar-refractivity contribution in [1.82, 2.24) is 4.72 Å². The molecule has 134 valence electrons. The fourth-order valence-corrected chi connectivity index (χ4v) is 4.59. The summed E-state index contributed by atoms with van der Waals surface area (Å²) in [7, 11) is -2.00. The van der Waals surface area contributed by atoms with Crippen LogP contribution in [0.4, 0.5) is 5.69 Å². The fourth-order valence-electron chi connectivity index (χ4n) is 3.32. The van der Waals surface area contributed by atoms with Gasteiger partial charge in [0, 0.05) is 36.0 Å². The number of nitrogens with one attached hydrogen (secondary N) is 1. The molecule has 1 atom stereocenters. The molecule has 25 heavy (non-hydrogen) atoms. The summed E-state index contributed by atoms with van der Waals surface area (Å²) in [6, 6.07) is 8.28. The van der Waals surface area contributed by atoms with E-state index in [1.54, 1.807) is 42.3 Å². The van der Waals surface area contributed by atoms with Crippen molar-refractivity contribution in [1.29, 1.82) is 0 Å². The number of hydrogen-bond acceptors (Lipinski definition) is 4. The Kier molecular flexibility index (Phi) is 4.53. The van der Waals surface area contributed by atoms with E-state index in [1.165, 1.54) is 0 Å². The molecule has 6 nitrogen and oxygen atoms in total. The van der Waals surface area contributed by atoms with Crippen molar-refractivity contribution >= 4 is 44.8 Å². The molecule has 2 aromatic carbocycles. The molecule has 1 unspecified atom stereocenters. The van der Waals surface area contributed by atoms with Gasteiger partial charge in [0.2, 0.25) is 10.0 Å². The third-order valence-corrected chi connectivity index (χ3v) is 6.38. The molecule has 1 amide bonds. The highest BCUT2D eigenvalue weighted by Gasteiger charge is 2.32. The van der Waals surface area contributed by atoms with Crippen LogP contribution in [0, 0.1) is 5.92 Å². The Labute approximate surface area is 152 Å². The molecule has 1 fully saturated rings. The van der Waals surface area contributed by atoms with Gasteiger partial charge in [0.15, 0.2) is 0 Å². The van der Waals surface area contributed by atoms with E-state index in [0.717, 1.165) is 18.5 Å². The second-order valence-electron chi connectivity index (χ2n) is 6.53. The maximum absolute atomic E-state index is 12.7. The average Bonchev–Trinajstić information content (AvgIpc) is 3.38. The highest BCUT2D eigenvalue weighted by molar-refractivity contribution is 7.89. The van der Waals surface area contributed by atoms with Crippen molar-refractivity contribution in [3.05, 3.63) is 35.9 Å². The lowest BCUT2D eigenvalue weighted by Gasteiger charge is -2.15. The summed E-state index contributed by atoms with van der Waals surface area (Å²) >= 11 is 0. The molecule has 0 bridgehead atoms. The molecule has 0 aromatic heterocycles. The first-order chi connectivity index (χ1) is 11.4. The maximum atomic E-state index is 12.7. The van der Waals surface area contributed by atoms with Gasteiger partial charge in [-0.2, -0.15) is 0 Å². The van der Waals surface area contributed by atoms with Crippen molar-refractivity contribution in [3.8, 4) is 0 Å². The minimum absolute atomic E-state index is 0. The molecule has 1 heterocycles. The predicted molar refractivity (Wildman–Crippen MR) is 99.8 cm³/mol. The SMILES string of the molecule is CN1C(=O)c2cccc3c(S(=O)(=O)NCC(N)C4CC4)ccc1c23.Cl. The Hall–Kier alpha value is -1.67. The minimum atomic E-state index is -3.69. The number of benzene rings is 2. The van der Waals surface area contributed by atoms with Gasteiger partial charge in [-0.25, -0.2) is 13.1 Å².